The van der Waals surface area contributed by atoms with Gasteiger partial charge in [0.25, 0.3) is 0 Å². The van der Waals surface area contributed by atoms with Crippen molar-refractivity contribution in [2.75, 3.05) is 0 Å². The summed E-state index contributed by atoms with van der Waals surface area (Å²) in [5, 5.41) is 0. The summed E-state index contributed by atoms with van der Waals surface area (Å²) in [6.07, 6.45) is 2.70. The van der Waals surface area contributed by atoms with Crippen molar-refractivity contribution in [3.63, 3.8) is 0 Å². The monoisotopic (exact) mass is 237 g/mol. The molecule has 0 bridgehead atoms. The molecule has 1 heterocycles. The molecule has 0 saturated heterocycles. The molecule has 17 heavy (non-hydrogen) atoms. The van der Waals surface area contributed by atoms with Gasteiger partial charge in [-0.3, -0.25) is 9.78 Å². The first-order valence-corrected chi connectivity index (χ1v) is 4.69. The predicted octanol–water partition coefficient (Wildman–Crippen LogP) is 2.73. The first-order valence-electron chi connectivity index (χ1n) is 4.69. The van der Waals surface area contributed by atoms with Crippen molar-refractivity contribution < 1.29 is 18.0 Å². The van der Waals surface area contributed by atoms with Crippen molar-refractivity contribution in [2.45, 2.75) is 0 Å². The summed E-state index contributed by atoms with van der Waals surface area (Å²) in [6, 6.07) is 4.36. The van der Waals surface area contributed by atoms with Gasteiger partial charge in [-0.15, -0.1) is 0 Å². The van der Waals surface area contributed by atoms with Gasteiger partial charge >= 0.3 is 0 Å². The Bertz CT molecular complexity index is 569. The Morgan fingerprint density at radius 3 is 2.24 bits per heavy atom. The fraction of sp³-hybridized carbons (Fsp3) is 0. The highest BCUT2D eigenvalue weighted by Gasteiger charge is 2.19. The minimum absolute atomic E-state index is 0.157. The third-order valence-electron chi connectivity index (χ3n) is 2.22. The SMILES string of the molecule is O=C(c1ccncc1)c1ccc(F)c(F)c1F. The van der Waals surface area contributed by atoms with Crippen molar-refractivity contribution in [1.82, 2.24) is 4.98 Å². The summed E-state index contributed by atoms with van der Waals surface area (Å²) in [7, 11) is 0. The highest BCUT2D eigenvalue weighted by molar-refractivity contribution is 6.09. The minimum Gasteiger partial charge on any atom is -0.288 e. The minimum atomic E-state index is -1.65. The maximum atomic E-state index is 13.3. The van der Waals surface area contributed by atoms with Gasteiger partial charge in [0, 0.05) is 18.0 Å². The predicted molar refractivity (Wildman–Crippen MR) is 54.0 cm³/mol. The van der Waals surface area contributed by atoms with Gasteiger partial charge in [0.2, 0.25) is 0 Å². The standard InChI is InChI=1S/C12H6F3NO/c13-9-2-1-8(10(14)11(9)15)12(17)7-3-5-16-6-4-7/h1-6H. The van der Waals surface area contributed by atoms with E-state index in [1.807, 2.05) is 0 Å². The molecule has 2 rings (SSSR count). The van der Waals surface area contributed by atoms with E-state index in [2.05, 4.69) is 4.98 Å². The zero-order valence-corrected chi connectivity index (χ0v) is 8.45. The molecule has 2 aromatic rings. The quantitative estimate of drug-likeness (QED) is 0.593. The Balaban J connectivity index is 2.49. The average molecular weight is 237 g/mol. The van der Waals surface area contributed by atoms with Crippen molar-refractivity contribution >= 4 is 5.78 Å². The van der Waals surface area contributed by atoms with Gasteiger partial charge in [-0.25, -0.2) is 13.2 Å². The molecule has 0 fully saturated rings. The van der Waals surface area contributed by atoms with Crippen LogP contribution in [0, 0.1) is 17.5 Å². The summed E-state index contributed by atoms with van der Waals surface area (Å²) in [5.74, 6) is -5.17. The topological polar surface area (TPSA) is 30.0 Å². The van der Waals surface area contributed by atoms with Gasteiger partial charge in [-0.2, -0.15) is 0 Å². The van der Waals surface area contributed by atoms with Crippen LogP contribution in [0.15, 0.2) is 36.7 Å². The van der Waals surface area contributed by atoms with E-state index in [1.165, 1.54) is 24.5 Å². The van der Waals surface area contributed by atoms with Gasteiger partial charge in [-0.1, -0.05) is 0 Å². The van der Waals surface area contributed by atoms with E-state index in [-0.39, 0.29) is 5.56 Å². The van der Waals surface area contributed by atoms with Crippen LogP contribution in [-0.2, 0) is 0 Å². The molecule has 0 aliphatic rings. The van der Waals surface area contributed by atoms with Crippen LogP contribution in [0.5, 0.6) is 0 Å². The molecule has 0 spiro atoms. The van der Waals surface area contributed by atoms with Crippen LogP contribution in [0.25, 0.3) is 0 Å². The molecule has 0 aliphatic carbocycles. The molecular formula is C12H6F3NO. The van der Waals surface area contributed by atoms with E-state index in [4.69, 9.17) is 0 Å². The molecule has 0 saturated carbocycles. The Morgan fingerprint density at radius 2 is 1.59 bits per heavy atom. The van der Waals surface area contributed by atoms with Crippen LogP contribution in [0.1, 0.15) is 15.9 Å². The van der Waals surface area contributed by atoms with Crippen molar-refractivity contribution in [1.29, 1.82) is 0 Å². The molecule has 5 heteroatoms. The molecular weight excluding hydrogens is 231 g/mol. The number of carbonyl (C=O) groups excluding carboxylic acids is 1. The lowest BCUT2D eigenvalue weighted by Crippen LogP contribution is -2.07. The molecule has 86 valence electrons. The van der Waals surface area contributed by atoms with Gasteiger partial charge in [0.05, 0.1) is 5.56 Å². The number of hydrogen-bond donors (Lipinski definition) is 0. The second-order valence-corrected chi connectivity index (χ2v) is 3.29. The molecule has 0 aliphatic heterocycles. The number of halogens is 3. The molecule has 0 radical (unpaired) electrons. The number of pyridine rings is 1. The number of aromatic nitrogens is 1. The van der Waals surface area contributed by atoms with E-state index in [1.54, 1.807) is 0 Å². The Morgan fingerprint density at radius 1 is 0.941 bits per heavy atom. The molecule has 2 nitrogen and oxygen atoms in total. The summed E-state index contributed by atoms with van der Waals surface area (Å²) in [5.41, 5.74) is -0.347. The number of rotatable bonds is 2. The molecule has 1 aromatic heterocycles. The molecule has 0 N–H and O–H groups in total. The van der Waals surface area contributed by atoms with Gasteiger partial charge in [0.15, 0.2) is 23.2 Å². The summed E-state index contributed by atoms with van der Waals surface area (Å²) in [6.45, 7) is 0. The van der Waals surface area contributed by atoms with Crippen LogP contribution in [0.4, 0.5) is 13.2 Å². The number of nitrogens with zero attached hydrogens (tertiary/aromatic N) is 1. The number of benzene rings is 1. The zero-order chi connectivity index (χ0) is 12.4. The average Bonchev–Trinajstić information content (AvgIpc) is 2.36. The van der Waals surface area contributed by atoms with Crippen LogP contribution in [0.3, 0.4) is 0 Å². The largest absolute Gasteiger partial charge is 0.288 e. The van der Waals surface area contributed by atoms with Gasteiger partial charge in [-0.05, 0) is 24.3 Å². The third-order valence-corrected chi connectivity index (χ3v) is 2.22. The second-order valence-electron chi connectivity index (χ2n) is 3.29. The van der Waals surface area contributed by atoms with Crippen molar-refractivity contribution in [3.8, 4) is 0 Å². The van der Waals surface area contributed by atoms with E-state index in [0.717, 1.165) is 6.07 Å². The fourth-order valence-corrected chi connectivity index (χ4v) is 1.36. The lowest BCUT2D eigenvalue weighted by molar-refractivity contribution is 0.103. The fourth-order valence-electron chi connectivity index (χ4n) is 1.36. The maximum Gasteiger partial charge on any atom is 0.196 e. The van der Waals surface area contributed by atoms with Crippen LogP contribution in [0.2, 0.25) is 0 Å². The van der Waals surface area contributed by atoms with Gasteiger partial charge in [0.1, 0.15) is 0 Å². The second kappa shape index (κ2) is 4.37. The van der Waals surface area contributed by atoms with Crippen molar-refractivity contribution in [3.05, 3.63) is 65.2 Å². The van der Waals surface area contributed by atoms with Crippen molar-refractivity contribution in [2.24, 2.45) is 0 Å². The van der Waals surface area contributed by atoms with Crippen LogP contribution in [-0.4, -0.2) is 10.8 Å². The molecule has 1 aromatic carbocycles. The Labute approximate surface area is 94.7 Å². The van der Waals surface area contributed by atoms with E-state index >= 15 is 0 Å². The van der Waals surface area contributed by atoms with Gasteiger partial charge < -0.3 is 0 Å². The lowest BCUT2D eigenvalue weighted by atomic mass is 10.0. The summed E-state index contributed by atoms with van der Waals surface area (Å²) in [4.78, 5) is 15.5. The van der Waals surface area contributed by atoms with Crippen LogP contribution < -0.4 is 0 Å². The molecule has 0 unspecified atom stereocenters. The lowest BCUT2D eigenvalue weighted by Gasteiger charge is -2.03. The number of hydrogen-bond acceptors (Lipinski definition) is 2. The first kappa shape index (κ1) is 11.3. The number of ketones is 1. The Hall–Kier alpha value is -2.17. The highest BCUT2D eigenvalue weighted by Crippen LogP contribution is 2.18. The smallest absolute Gasteiger partial charge is 0.196 e. The zero-order valence-electron chi connectivity index (χ0n) is 8.45. The molecule has 0 amide bonds. The highest BCUT2D eigenvalue weighted by atomic mass is 19.2. The summed E-state index contributed by atoms with van der Waals surface area (Å²) >= 11 is 0. The normalized spacial score (nSPS) is 10.3. The van der Waals surface area contributed by atoms with E-state index < -0.39 is 28.8 Å². The van der Waals surface area contributed by atoms with Crippen LogP contribution >= 0.6 is 0 Å². The maximum absolute atomic E-state index is 13.3. The van der Waals surface area contributed by atoms with E-state index in [0.29, 0.717) is 6.07 Å². The Kier molecular flexibility index (Phi) is 2.91. The summed E-state index contributed by atoms with van der Waals surface area (Å²) < 4.78 is 39.0. The first-order chi connectivity index (χ1) is 8.11. The number of carbonyl (C=O) groups is 1. The molecule has 0 atom stereocenters. The van der Waals surface area contributed by atoms with E-state index in [9.17, 15) is 18.0 Å². The third kappa shape index (κ3) is 2.04.